The minimum absolute atomic E-state index is 0.00428. The highest BCUT2D eigenvalue weighted by Gasteiger charge is 2.40. The lowest BCUT2D eigenvalue weighted by Crippen LogP contribution is -2.31. The molecule has 94 valence electrons. The molecule has 0 saturated heterocycles. The Morgan fingerprint density at radius 3 is 1.71 bits per heavy atom. The molecule has 0 atom stereocenters. The molecular formula is C8H3BF8. The molecule has 0 N–H and O–H groups in total. The van der Waals surface area contributed by atoms with Gasteiger partial charge in [0.25, 0.3) is 0 Å². The zero-order chi connectivity index (χ0) is 13.4. The number of alkyl halides is 6. The highest BCUT2D eigenvalue weighted by Crippen LogP contribution is 2.33. The van der Waals surface area contributed by atoms with Gasteiger partial charge in [-0.05, 0) is 18.2 Å². The fourth-order valence-electron chi connectivity index (χ4n) is 1.18. The zero-order valence-corrected chi connectivity index (χ0v) is 7.83. The molecule has 1 rings (SSSR count). The van der Waals surface area contributed by atoms with E-state index in [4.69, 9.17) is 0 Å². The summed E-state index contributed by atoms with van der Waals surface area (Å²) in [5.41, 5.74) is -4.98. The minimum atomic E-state index is -5.12. The van der Waals surface area contributed by atoms with Gasteiger partial charge in [0, 0.05) is 5.46 Å². The van der Waals surface area contributed by atoms with Crippen LogP contribution in [0.4, 0.5) is 35.0 Å². The van der Waals surface area contributed by atoms with E-state index < -0.39 is 36.2 Å². The van der Waals surface area contributed by atoms with Gasteiger partial charge < -0.3 is 0 Å². The summed E-state index contributed by atoms with van der Waals surface area (Å²) < 4.78 is 97.6. The topological polar surface area (TPSA) is 0 Å². The van der Waals surface area contributed by atoms with Gasteiger partial charge in [-0.3, -0.25) is 8.63 Å². The van der Waals surface area contributed by atoms with Crippen molar-refractivity contribution in [2.75, 3.05) is 0 Å². The maximum absolute atomic E-state index is 12.3. The molecule has 0 fully saturated rings. The molecule has 0 spiro atoms. The van der Waals surface area contributed by atoms with Crippen molar-refractivity contribution in [2.24, 2.45) is 0 Å². The summed E-state index contributed by atoms with van der Waals surface area (Å²) in [6, 6.07) is -0.0630. The summed E-state index contributed by atoms with van der Waals surface area (Å²) in [5, 5.41) is 0. The second-order valence-electron chi connectivity index (χ2n) is 3.10. The van der Waals surface area contributed by atoms with Gasteiger partial charge in [0.1, 0.15) is 0 Å². The molecule has 0 nitrogen and oxygen atoms in total. The zero-order valence-electron chi connectivity index (χ0n) is 7.83. The summed E-state index contributed by atoms with van der Waals surface area (Å²) in [4.78, 5) is 0. The third-order valence-electron chi connectivity index (χ3n) is 1.92. The maximum Gasteiger partial charge on any atom is 0.572 e. The van der Waals surface area contributed by atoms with Crippen LogP contribution in [0.2, 0.25) is 0 Å². The van der Waals surface area contributed by atoms with Crippen molar-refractivity contribution in [3.63, 3.8) is 0 Å². The number of rotatable bonds is 1. The molecule has 9 heteroatoms. The molecule has 1 aromatic carbocycles. The van der Waals surface area contributed by atoms with E-state index >= 15 is 0 Å². The van der Waals surface area contributed by atoms with E-state index in [9.17, 15) is 35.0 Å². The Morgan fingerprint density at radius 2 is 1.35 bits per heavy atom. The highest BCUT2D eigenvalue weighted by atomic mass is 19.4. The molecular weight excluding hydrogens is 259 g/mol. The van der Waals surface area contributed by atoms with Crippen LogP contribution in [0.15, 0.2) is 18.2 Å². The predicted molar refractivity (Wildman–Crippen MR) is 44.1 cm³/mol. The number of hydrogen-bond donors (Lipinski definition) is 0. The number of benzene rings is 1. The molecule has 0 aliphatic rings. The van der Waals surface area contributed by atoms with E-state index in [1.54, 1.807) is 0 Å². The SMILES string of the molecule is FB(F)c1cc(C(F)(F)F)ccc1C(F)(F)F. The number of halogens is 8. The van der Waals surface area contributed by atoms with Crippen LogP contribution < -0.4 is 5.46 Å². The Labute approximate surface area is 90.4 Å². The molecule has 0 unspecified atom stereocenters. The molecule has 1 aromatic rings. The van der Waals surface area contributed by atoms with Crippen LogP contribution in [0.25, 0.3) is 0 Å². The molecule has 0 amide bonds. The minimum Gasteiger partial charge on any atom is -0.281 e. The second kappa shape index (κ2) is 4.19. The normalized spacial score (nSPS) is 12.7. The van der Waals surface area contributed by atoms with Gasteiger partial charge in [0.15, 0.2) is 0 Å². The fraction of sp³-hybridized carbons (Fsp3) is 0.250. The van der Waals surface area contributed by atoms with Crippen molar-refractivity contribution in [3.8, 4) is 0 Å². The van der Waals surface area contributed by atoms with Gasteiger partial charge in [-0.1, -0.05) is 0 Å². The molecule has 0 aliphatic heterocycles. The van der Waals surface area contributed by atoms with Gasteiger partial charge >= 0.3 is 19.6 Å². The lowest BCUT2D eigenvalue weighted by Gasteiger charge is -2.14. The van der Waals surface area contributed by atoms with Crippen molar-refractivity contribution in [1.29, 1.82) is 0 Å². The Kier molecular flexibility index (Phi) is 3.40. The van der Waals surface area contributed by atoms with Crippen molar-refractivity contribution >= 4 is 12.7 Å². The van der Waals surface area contributed by atoms with E-state index in [1.165, 1.54) is 0 Å². The largest absolute Gasteiger partial charge is 0.572 e. The Hall–Kier alpha value is -1.28. The summed E-state index contributed by atoms with van der Waals surface area (Å²) in [5.74, 6) is 0. The summed E-state index contributed by atoms with van der Waals surface area (Å²) >= 11 is 0. The Morgan fingerprint density at radius 1 is 0.824 bits per heavy atom. The quantitative estimate of drug-likeness (QED) is 0.537. The van der Waals surface area contributed by atoms with Crippen molar-refractivity contribution in [2.45, 2.75) is 12.4 Å². The van der Waals surface area contributed by atoms with E-state index in [0.717, 1.165) is 0 Å². The first-order valence-corrected chi connectivity index (χ1v) is 4.10. The third kappa shape index (κ3) is 3.10. The summed E-state index contributed by atoms with van der Waals surface area (Å²) in [6.07, 6.45) is -10.1. The van der Waals surface area contributed by atoms with Gasteiger partial charge in [-0.15, -0.1) is 0 Å². The Balaban J connectivity index is 3.38. The van der Waals surface area contributed by atoms with Crippen LogP contribution in [-0.2, 0) is 12.4 Å². The van der Waals surface area contributed by atoms with Crippen molar-refractivity contribution in [1.82, 2.24) is 0 Å². The van der Waals surface area contributed by atoms with E-state index in [-0.39, 0.29) is 18.2 Å². The van der Waals surface area contributed by atoms with Gasteiger partial charge in [0.2, 0.25) is 0 Å². The first-order valence-electron chi connectivity index (χ1n) is 4.10. The predicted octanol–water partition coefficient (Wildman–Crippen LogP) is 3.36. The maximum atomic E-state index is 12.3. The van der Waals surface area contributed by atoms with Crippen LogP contribution in [0.1, 0.15) is 11.1 Å². The van der Waals surface area contributed by atoms with Crippen LogP contribution >= 0.6 is 0 Å². The van der Waals surface area contributed by atoms with Gasteiger partial charge in [-0.2, -0.15) is 26.3 Å². The van der Waals surface area contributed by atoms with Crippen molar-refractivity contribution in [3.05, 3.63) is 29.3 Å². The molecule has 0 aliphatic carbocycles. The van der Waals surface area contributed by atoms with E-state index in [1.807, 2.05) is 0 Å². The molecule has 0 bridgehead atoms. The van der Waals surface area contributed by atoms with E-state index in [0.29, 0.717) is 0 Å². The molecule has 0 radical (unpaired) electrons. The van der Waals surface area contributed by atoms with Crippen LogP contribution in [0.5, 0.6) is 0 Å². The second-order valence-corrected chi connectivity index (χ2v) is 3.10. The lowest BCUT2D eigenvalue weighted by molar-refractivity contribution is -0.140. The molecule has 17 heavy (non-hydrogen) atoms. The smallest absolute Gasteiger partial charge is 0.281 e. The first-order chi connectivity index (χ1) is 7.53. The average molecular weight is 262 g/mol. The number of hydrogen-bond acceptors (Lipinski definition) is 0. The standard InChI is InChI=1S/C8H3BF8/c10-7(11,12)4-1-2-5(8(13,14)15)6(3-4)9(16)17/h1-3H. The van der Waals surface area contributed by atoms with Crippen LogP contribution in [0.3, 0.4) is 0 Å². The van der Waals surface area contributed by atoms with Gasteiger partial charge in [-0.25, -0.2) is 0 Å². The van der Waals surface area contributed by atoms with Crippen LogP contribution in [-0.4, -0.2) is 7.27 Å². The summed E-state index contributed by atoms with van der Waals surface area (Å²) in [7, 11) is -3.63. The third-order valence-corrected chi connectivity index (χ3v) is 1.92. The fourth-order valence-corrected chi connectivity index (χ4v) is 1.18. The Bertz CT molecular complexity index is 405. The van der Waals surface area contributed by atoms with Crippen LogP contribution in [0, 0.1) is 0 Å². The lowest BCUT2D eigenvalue weighted by atomic mass is 9.80. The average Bonchev–Trinajstić information content (AvgIpc) is 2.14. The van der Waals surface area contributed by atoms with Gasteiger partial charge in [0.05, 0.1) is 11.1 Å². The molecule has 0 aromatic heterocycles. The van der Waals surface area contributed by atoms with E-state index in [2.05, 4.69) is 0 Å². The highest BCUT2D eigenvalue weighted by molar-refractivity contribution is 6.60. The summed E-state index contributed by atoms with van der Waals surface area (Å²) in [6.45, 7) is 0. The monoisotopic (exact) mass is 262 g/mol. The van der Waals surface area contributed by atoms with Crippen molar-refractivity contribution < 1.29 is 35.0 Å². The first kappa shape index (κ1) is 13.8. The molecule has 0 saturated carbocycles. The molecule has 0 heterocycles.